The van der Waals surface area contributed by atoms with Crippen molar-refractivity contribution in [2.24, 2.45) is 5.92 Å². The molecule has 0 spiro atoms. The summed E-state index contributed by atoms with van der Waals surface area (Å²) in [5.41, 5.74) is 0. The van der Waals surface area contributed by atoms with Crippen LogP contribution in [-0.2, 0) is 0 Å². The Morgan fingerprint density at radius 3 is 1.91 bits per heavy atom. The molecule has 3 rings (SSSR count). The highest BCUT2D eigenvalue weighted by molar-refractivity contribution is 5.65. The van der Waals surface area contributed by atoms with Gasteiger partial charge in [-0.2, -0.15) is 0 Å². The lowest BCUT2D eigenvalue weighted by molar-refractivity contribution is 0.0649. The highest BCUT2D eigenvalue weighted by atomic mass is 16.4. The summed E-state index contributed by atoms with van der Waals surface area (Å²) < 4.78 is 0. The van der Waals surface area contributed by atoms with Gasteiger partial charge in [0.25, 0.3) is 0 Å². The van der Waals surface area contributed by atoms with Gasteiger partial charge in [0, 0.05) is 31.7 Å². The summed E-state index contributed by atoms with van der Waals surface area (Å²) in [5.74, 6) is 0.556. The second-order valence-corrected chi connectivity index (χ2v) is 7.66. The lowest BCUT2D eigenvalue weighted by atomic mass is 9.87. The lowest BCUT2D eigenvalue weighted by Gasteiger charge is -2.43. The Hall–Kier alpha value is -0.770. The first-order chi connectivity index (χ1) is 10.7. The normalized spacial score (nSPS) is 28.4. The number of carboxylic acid groups (broad SMARTS) is 1. The molecular formula is C18H32N2O2. The van der Waals surface area contributed by atoms with Gasteiger partial charge in [0.1, 0.15) is 0 Å². The van der Waals surface area contributed by atoms with Crippen molar-refractivity contribution in [2.45, 2.75) is 82.7 Å². The first-order valence-electron chi connectivity index (χ1n) is 9.47. The average Bonchev–Trinajstić information content (AvgIpc) is 3.03. The molecule has 0 aromatic carbocycles. The molecule has 2 aliphatic carbocycles. The second-order valence-electron chi connectivity index (χ2n) is 7.66. The van der Waals surface area contributed by atoms with Crippen molar-refractivity contribution in [3.8, 4) is 0 Å². The van der Waals surface area contributed by atoms with Crippen molar-refractivity contribution in [1.29, 1.82) is 0 Å². The number of amides is 1. The van der Waals surface area contributed by atoms with Gasteiger partial charge in [-0.1, -0.05) is 38.5 Å². The van der Waals surface area contributed by atoms with Crippen LogP contribution in [0.5, 0.6) is 0 Å². The van der Waals surface area contributed by atoms with Crippen molar-refractivity contribution in [1.82, 2.24) is 9.80 Å². The molecule has 0 aromatic heterocycles. The zero-order chi connectivity index (χ0) is 15.4. The van der Waals surface area contributed by atoms with Crippen molar-refractivity contribution in [2.75, 3.05) is 19.6 Å². The van der Waals surface area contributed by atoms with Crippen molar-refractivity contribution in [3.63, 3.8) is 0 Å². The van der Waals surface area contributed by atoms with Gasteiger partial charge in [0.15, 0.2) is 0 Å². The quantitative estimate of drug-likeness (QED) is 0.855. The molecule has 1 amide bonds. The summed E-state index contributed by atoms with van der Waals surface area (Å²) in [5, 5.41) is 9.17. The number of carbonyl (C=O) groups is 1. The van der Waals surface area contributed by atoms with E-state index in [0.717, 1.165) is 38.1 Å². The van der Waals surface area contributed by atoms with Crippen LogP contribution in [0.1, 0.15) is 70.6 Å². The minimum Gasteiger partial charge on any atom is -0.465 e. The lowest BCUT2D eigenvalue weighted by Crippen LogP contribution is -2.47. The number of hydrogen-bond donors (Lipinski definition) is 1. The Bertz CT molecular complexity index is 344. The maximum Gasteiger partial charge on any atom is 0.407 e. The second kappa shape index (κ2) is 7.67. The monoisotopic (exact) mass is 308 g/mol. The largest absolute Gasteiger partial charge is 0.465 e. The molecule has 0 unspecified atom stereocenters. The van der Waals surface area contributed by atoms with Gasteiger partial charge < -0.3 is 10.0 Å². The Morgan fingerprint density at radius 1 is 0.909 bits per heavy atom. The van der Waals surface area contributed by atoms with Gasteiger partial charge in [0.2, 0.25) is 0 Å². The summed E-state index contributed by atoms with van der Waals surface area (Å²) >= 11 is 0. The number of rotatable bonds is 4. The molecule has 1 N–H and O–H groups in total. The minimum absolute atomic E-state index is 0.556. The first-order valence-corrected chi connectivity index (χ1v) is 9.47. The number of likely N-dealkylation sites (tertiary alicyclic amines) is 1. The van der Waals surface area contributed by atoms with Crippen molar-refractivity contribution < 1.29 is 9.90 Å². The molecule has 0 aromatic rings. The summed E-state index contributed by atoms with van der Waals surface area (Å²) in [4.78, 5) is 15.6. The zero-order valence-electron chi connectivity index (χ0n) is 13.9. The summed E-state index contributed by atoms with van der Waals surface area (Å²) in [6.07, 6.45) is 14.2. The van der Waals surface area contributed by atoms with Gasteiger partial charge in [-0.3, -0.25) is 4.90 Å². The Balaban J connectivity index is 1.61. The molecule has 22 heavy (non-hydrogen) atoms. The van der Waals surface area contributed by atoms with Crippen molar-refractivity contribution >= 4 is 6.09 Å². The van der Waals surface area contributed by atoms with Crippen LogP contribution in [0.15, 0.2) is 0 Å². The number of nitrogens with zero attached hydrogens (tertiary/aromatic N) is 2. The molecule has 1 atom stereocenters. The van der Waals surface area contributed by atoms with Crippen LogP contribution in [0.3, 0.4) is 0 Å². The molecule has 0 radical (unpaired) electrons. The van der Waals surface area contributed by atoms with Crippen LogP contribution in [0.2, 0.25) is 0 Å². The van der Waals surface area contributed by atoms with Gasteiger partial charge in [0.05, 0.1) is 0 Å². The molecule has 2 saturated carbocycles. The minimum atomic E-state index is -0.732. The fraction of sp³-hybridized carbons (Fsp3) is 0.944. The van der Waals surface area contributed by atoms with E-state index in [2.05, 4.69) is 4.90 Å². The average molecular weight is 308 g/mol. The van der Waals surface area contributed by atoms with E-state index in [0.29, 0.717) is 5.92 Å². The van der Waals surface area contributed by atoms with Crippen molar-refractivity contribution in [3.05, 3.63) is 0 Å². The maximum absolute atomic E-state index is 11.1. The molecule has 4 nitrogen and oxygen atoms in total. The van der Waals surface area contributed by atoms with Gasteiger partial charge >= 0.3 is 6.09 Å². The molecule has 1 aliphatic heterocycles. The molecule has 1 heterocycles. The van der Waals surface area contributed by atoms with E-state index in [1.54, 1.807) is 4.90 Å². The smallest absolute Gasteiger partial charge is 0.407 e. The first kappa shape index (κ1) is 16.1. The molecule has 4 heteroatoms. The topological polar surface area (TPSA) is 43.8 Å². The van der Waals surface area contributed by atoms with Gasteiger partial charge in [-0.15, -0.1) is 0 Å². The summed E-state index contributed by atoms with van der Waals surface area (Å²) in [6.45, 7) is 2.63. The van der Waals surface area contributed by atoms with Crippen LogP contribution >= 0.6 is 0 Å². The standard InChI is InChI=1S/C18H32N2O2/c21-18(22)19-12-11-15(13-19)14-20(16-7-3-1-4-8-16)17-9-5-2-6-10-17/h15-17H,1-14H2,(H,21,22)/t15-/m0/s1. The van der Waals surface area contributed by atoms with E-state index in [1.807, 2.05) is 0 Å². The third kappa shape index (κ3) is 3.95. The highest BCUT2D eigenvalue weighted by Crippen LogP contribution is 2.32. The Labute approximate surface area is 134 Å². The van der Waals surface area contributed by atoms with Crippen LogP contribution in [0.4, 0.5) is 4.79 Å². The molecule has 3 aliphatic rings. The molecule has 3 fully saturated rings. The number of hydrogen-bond acceptors (Lipinski definition) is 2. The van der Waals surface area contributed by atoms with Crippen LogP contribution < -0.4 is 0 Å². The molecule has 0 bridgehead atoms. The predicted octanol–water partition coefficient (Wildman–Crippen LogP) is 3.95. The molecular weight excluding hydrogens is 276 g/mol. The Morgan fingerprint density at radius 2 is 1.45 bits per heavy atom. The van der Waals surface area contributed by atoms with E-state index in [4.69, 9.17) is 0 Å². The summed E-state index contributed by atoms with van der Waals surface area (Å²) in [6, 6.07) is 1.55. The van der Waals surface area contributed by atoms with Crippen LogP contribution in [-0.4, -0.2) is 52.7 Å². The third-order valence-electron chi connectivity index (χ3n) is 6.11. The Kier molecular flexibility index (Phi) is 5.61. The fourth-order valence-corrected chi connectivity index (χ4v) is 4.88. The van der Waals surface area contributed by atoms with Gasteiger partial charge in [-0.25, -0.2) is 4.79 Å². The third-order valence-corrected chi connectivity index (χ3v) is 6.11. The maximum atomic E-state index is 11.1. The SMILES string of the molecule is O=C(O)N1CC[C@H](CN(C2CCCCC2)C2CCCCC2)C1. The highest BCUT2D eigenvalue weighted by Gasteiger charge is 2.33. The molecule has 1 saturated heterocycles. The van der Waals surface area contributed by atoms with E-state index in [-0.39, 0.29) is 0 Å². The van der Waals surface area contributed by atoms with Gasteiger partial charge in [-0.05, 0) is 38.0 Å². The van der Waals surface area contributed by atoms with Crippen LogP contribution in [0.25, 0.3) is 0 Å². The zero-order valence-corrected chi connectivity index (χ0v) is 13.9. The van der Waals surface area contributed by atoms with E-state index in [1.165, 1.54) is 64.2 Å². The predicted molar refractivity (Wildman–Crippen MR) is 88.2 cm³/mol. The summed E-state index contributed by atoms with van der Waals surface area (Å²) in [7, 11) is 0. The van der Waals surface area contributed by atoms with E-state index in [9.17, 15) is 9.90 Å². The fourth-order valence-electron chi connectivity index (χ4n) is 4.88. The molecule has 126 valence electrons. The van der Waals surface area contributed by atoms with Crippen LogP contribution in [0, 0.1) is 5.92 Å². The van der Waals surface area contributed by atoms with E-state index >= 15 is 0 Å². The van der Waals surface area contributed by atoms with E-state index < -0.39 is 6.09 Å².